The average molecular weight is 468 g/mol. The molecule has 2 aliphatic rings. The minimum Gasteiger partial charge on any atom is -0.474 e. The molecule has 0 aromatic carbocycles. The second-order valence-corrected chi connectivity index (χ2v) is 9.99. The Bertz CT molecular complexity index is 988. The summed E-state index contributed by atoms with van der Waals surface area (Å²) in [5, 5.41) is 13.8. The van der Waals surface area contributed by atoms with Gasteiger partial charge in [0.15, 0.2) is 0 Å². The molecule has 1 aromatic rings. The van der Waals surface area contributed by atoms with Crippen LogP contribution < -0.4 is 5.32 Å². The summed E-state index contributed by atoms with van der Waals surface area (Å²) in [5.41, 5.74) is 2.14. The first-order chi connectivity index (χ1) is 15.2. The molecule has 0 spiro atoms. The molecular formula is C20H29N5O6S. The number of amides is 1. The number of rotatable bonds is 8. The number of carboxylic acid groups (broad SMARTS) is 1. The lowest BCUT2D eigenvalue weighted by Gasteiger charge is -2.36. The van der Waals surface area contributed by atoms with Gasteiger partial charge in [-0.3, -0.25) is 9.82 Å². The van der Waals surface area contributed by atoms with Gasteiger partial charge in [0.2, 0.25) is 12.2 Å². The molecule has 11 nitrogen and oxygen atoms in total. The number of piperidine rings is 1. The highest BCUT2D eigenvalue weighted by molar-refractivity contribution is 7.90. The van der Waals surface area contributed by atoms with Crippen molar-refractivity contribution >= 4 is 27.8 Å². The Balaban J connectivity index is 1.62. The number of anilines is 1. The van der Waals surface area contributed by atoms with Crippen LogP contribution in [0.1, 0.15) is 24.2 Å². The highest BCUT2D eigenvalue weighted by atomic mass is 32.2. The third-order valence-electron chi connectivity index (χ3n) is 5.24. The van der Waals surface area contributed by atoms with Crippen LogP contribution in [-0.2, 0) is 25.8 Å². The molecule has 2 N–H and O–H groups in total. The van der Waals surface area contributed by atoms with E-state index in [1.165, 1.54) is 23.3 Å². The lowest BCUT2D eigenvalue weighted by atomic mass is 10.1. The quantitative estimate of drug-likeness (QED) is 0.585. The first-order valence-electron chi connectivity index (χ1n) is 10.3. The summed E-state index contributed by atoms with van der Waals surface area (Å²) < 4.78 is 28.9. The lowest BCUT2D eigenvalue weighted by Crippen LogP contribution is -2.44. The minimum absolute atomic E-state index is 0.0491. The van der Waals surface area contributed by atoms with Gasteiger partial charge in [0.25, 0.3) is 0 Å². The van der Waals surface area contributed by atoms with E-state index in [0.717, 1.165) is 5.69 Å². The highest BCUT2D eigenvalue weighted by Gasteiger charge is 2.29. The number of ether oxygens (including phenoxy) is 1. The Morgan fingerprint density at radius 3 is 2.62 bits per heavy atom. The smallest absolute Gasteiger partial charge is 0.407 e. The van der Waals surface area contributed by atoms with Gasteiger partial charge in [0.1, 0.15) is 15.9 Å². The van der Waals surface area contributed by atoms with E-state index in [1.54, 1.807) is 18.4 Å². The van der Waals surface area contributed by atoms with E-state index in [9.17, 15) is 13.2 Å². The maximum atomic E-state index is 11.4. The van der Waals surface area contributed by atoms with Crippen molar-refractivity contribution in [1.29, 1.82) is 0 Å². The molecule has 3 heterocycles. The van der Waals surface area contributed by atoms with Crippen LogP contribution >= 0.6 is 0 Å². The molecule has 1 fully saturated rings. The monoisotopic (exact) mass is 467 g/mol. The van der Waals surface area contributed by atoms with Gasteiger partial charge in [-0.1, -0.05) is 0 Å². The molecule has 0 radical (unpaired) electrons. The zero-order valence-corrected chi connectivity index (χ0v) is 19.2. The van der Waals surface area contributed by atoms with Crippen LogP contribution in [0.5, 0.6) is 0 Å². The van der Waals surface area contributed by atoms with Gasteiger partial charge in [-0.15, -0.1) is 0 Å². The van der Waals surface area contributed by atoms with E-state index in [2.05, 4.69) is 15.3 Å². The van der Waals surface area contributed by atoms with Crippen molar-refractivity contribution in [2.24, 2.45) is 4.99 Å². The number of allylic oxidation sites excluding steroid dienone is 1. The van der Waals surface area contributed by atoms with Crippen molar-refractivity contribution in [3.05, 3.63) is 35.5 Å². The number of sulfone groups is 1. The largest absolute Gasteiger partial charge is 0.474 e. The number of aromatic nitrogens is 1. The predicted octanol–water partition coefficient (Wildman–Crippen LogP) is 1.62. The molecule has 1 saturated heterocycles. The molecule has 3 rings (SSSR count). The van der Waals surface area contributed by atoms with Gasteiger partial charge in [-0.25, -0.2) is 18.2 Å². The number of aliphatic imine (C=N–C) groups is 1. The summed E-state index contributed by atoms with van der Waals surface area (Å²) in [4.78, 5) is 26.9. The van der Waals surface area contributed by atoms with E-state index < -0.39 is 22.2 Å². The molecule has 1 atom stereocenters. The molecule has 32 heavy (non-hydrogen) atoms. The Kier molecular flexibility index (Phi) is 7.56. The predicted molar refractivity (Wildman–Crippen MR) is 119 cm³/mol. The third kappa shape index (κ3) is 6.33. The van der Waals surface area contributed by atoms with Crippen LogP contribution in [0, 0.1) is 6.92 Å². The Morgan fingerprint density at radius 1 is 1.31 bits per heavy atom. The summed E-state index contributed by atoms with van der Waals surface area (Å²) in [6.45, 7) is 2.68. The Hall–Kier alpha value is -2.86. The fourth-order valence-corrected chi connectivity index (χ4v) is 4.07. The van der Waals surface area contributed by atoms with Crippen LogP contribution in [-0.4, -0.2) is 85.4 Å². The van der Waals surface area contributed by atoms with Crippen LogP contribution in [0.2, 0.25) is 0 Å². The van der Waals surface area contributed by atoms with Crippen molar-refractivity contribution in [2.45, 2.75) is 38.6 Å². The number of nitrogens with zero attached hydrogens (tertiary/aromatic N) is 4. The fourth-order valence-electron chi connectivity index (χ4n) is 3.49. The minimum atomic E-state index is -3.05. The number of hydrogen-bond acceptors (Lipinski definition) is 9. The maximum absolute atomic E-state index is 11.4. The number of carbonyl (C=O) groups is 1. The molecule has 0 aliphatic carbocycles. The van der Waals surface area contributed by atoms with Gasteiger partial charge >= 0.3 is 6.09 Å². The van der Waals surface area contributed by atoms with Crippen molar-refractivity contribution in [1.82, 2.24) is 14.9 Å². The second-order valence-electron chi connectivity index (χ2n) is 7.73. The van der Waals surface area contributed by atoms with Crippen molar-refractivity contribution in [3.63, 3.8) is 0 Å². The van der Waals surface area contributed by atoms with Gasteiger partial charge < -0.3 is 20.1 Å². The second kappa shape index (κ2) is 10.2. The maximum Gasteiger partial charge on any atom is 0.407 e. The van der Waals surface area contributed by atoms with Crippen molar-refractivity contribution < 1.29 is 27.9 Å². The van der Waals surface area contributed by atoms with Gasteiger partial charge in [0, 0.05) is 56.6 Å². The topological polar surface area (TPSA) is 134 Å². The normalized spacial score (nSPS) is 19.6. The summed E-state index contributed by atoms with van der Waals surface area (Å²) in [6, 6.07) is 3.62. The van der Waals surface area contributed by atoms with Crippen molar-refractivity contribution in [2.75, 3.05) is 37.5 Å². The zero-order valence-electron chi connectivity index (χ0n) is 18.4. The molecule has 12 heteroatoms. The van der Waals surface area contributed by atoms with Gasteiger partial charge in [-0.05, 0) is 19.1 Å². The van der Waals surface area contributed by atoms with Crippen LogP contribution in [0.25, 0.3) is 0 Å². The van der Waals surface area contributed by atoms with Crippen LogP contribution in [0.4, 0.5) is 10.5 Å². The lowest BCUT2D eigenvalue weighted by molar-refractivity contribution is -0.172. The summed E-state index contributed by atoms with van der Waals surface area (Å²) in [6.07, 6.45) is 4.43. The SMILES string of the molecule is CON1C(OC2CCN(C(=O)O)CC2)=CC=NC1Nc1ccc(CCS(C)(=O)=O)nc1C. The number of nitrogens with one attached hydrogen (secondary N) is 1. The number of pyridine rings is 1. The number of aryl methyl sites for hydroxylation is 2. The van der Waals surface area contributed by atoms with E-state index >= 15 is 0 Å². The van der Waals surface area contributed by atoms with Gasteiger partial charge in [-0.2, -0.15) is 5.06 Å². The Morgan fingerprint density at radius 2 is 2.03 bits per heavy atom. The number of likely N-dealkylation sites (tertiary alicyclic amines) is 1. The Labute approximate surface area is 187 Å². The summed E-state index contributed by atoms with van der Waals surface area (Å²) in [7, 11) is -1.54. The van der Waals surface area contributed by atoms with E-state index in [0.29, 0.717) is 49.6 Å². The van der Waals surface area contributed by atoms with E-state index in [-0.39, 0.29) is 11.9 Å². The van der Waals surface area contributed by atoms with Crippen molar-refractivity contribution in [3.8, 4) is 0 Å². The van der Waals surface area contributed by atoms with E-state index in [4.69, 9.17) is 14.7 Å². The first-order valence-corrected chi connectivity index (χ1v) is 12.3. The van der Waals surface area contributed by atoms with Crippen LogP contribution in [0.3, 0.4) is 0 Å². The number of hydrogen-bond donors (Lipinski definition) is 2. The molecule has 176 valence electrons. The molecule has 1 amide bonds. The summed E-state index contributed by atoms with van der Waals surface area (Å²) in [5.74, 6) is 0.525. The molecule has 0 saturated carbocycles. The number of hydroxylamine groups is 2. The fraction of sp³-hybridized carbons (Fsp3) is 0.550. The van der Waals surface area contributed by atoms with Gasteiger partial charge in [0.05, 0.1) is 24.2 Å². The molecule has 2 aliphatic heterocycles. The van der Waals surface area contributed by atoms with E-state index in [1.807, 2.05) is 13.0 Å². The molecule has 0 bridgehead atoms. The molecular weight excluding hydrogens is 438 g/mol. The zero-order chi connectivity index (χ0) is 23.3. The highest BCUT2D eigenvalue weighted by Crippen LogP contribution is 2.24. The standard InChI is InChI=1S/C20H29N5O6S/c1-14-17(5-4-15(22-14)9-13-32(3,28)29)23-19-21-10-6-18(25(19)30-2)31-16-7-11-24(12-8-16)20(26)27/h4-6,10,16,19,23H,7-9,11-13H2,1-3H3,(H,26,27). The molecule has 1 unspecified atom stereocenters. The average Bonchev–Trinajstić information content (AvgIpc) is 2.74. The third-order valence-corrected chi connectivity index (χ3v) is 6.18. The summed E-state index contributed by atoms with van der Waals surface area (Å²) >= 11 is 0. The first kappa shape index (κ1) is 23.8. The molecule has 1 aromatic heterocycles. The van der Waals surface area contributed by atoms with Crippen LogP contribution in [0.15, 0.2) is 29.1 Å².